The maximum absolute atomic E-state index is 6.49. The van der Waals surface area contributed by atoms with Crippen LogP contribution in [-0.2, 0) is 4.74 Å². The molecule has 0 aromatic heterocycles. The SMILES string of the molecule is C/C=C/C1OCC(C(Cl)c2ccccc2)C1(Cl)Cl. The Morgan fingerprint density at radius 2 is 2.00 bits per heavy atom. The summed E-state index contributed by atoms with van der Waals surface area (Å²) >= 11 is 19.3. The fourth-order valence-electron chi connectivity index (χ4n) is 2.15. The minimum Gasteiger partial charge on any atom is -0.371 e. The van der Waals surface area contributed by atoms with Gasteiger partial charge in [-0.1, -0.05) is 65.7 Å². The number of benzene rings is 1. The highest BCUT2D eigenvalue weighted by molar-refractivity contribution is 6.49. The molecule has 0 spiro atoms. The van der Waals surface area contributed by atoms with Gasteiger partial charge in [-0.25, -0.2) is 0 Å². The quantitative estimate of drug-likeness (QED) is 0.579. The normalized spacial score (nSPS) is 28.7. The molecular formula is C14H15Cl3O. The smallest absolute Gasteiger partial charge is 0.154 e. The molecule has 1 nitrogen and oxygen atoms in total. The van der Waals surface area contributed by atoms with Crippen molar-refractivity contribution < 1.29 is 4.74 Å². The van der Waals surface area contributed by atoms with Crippen molar-refractivity contribution in [1.29, 1.82) is 0 Å². The van der Waals surface area contributed by atoms with Gasteiger partial charge in [0.1, 0.15) is 6.10 Å². The summed E-state index contributed by atoms with van der Waals surface area (Å²) < 4.78 is 4.64. The molecule has 0 amide bonds. The van der Waals surface area contributed by atoms with Crippen molar-refractivity contribution in [2.75, 3.05) is 6.61 Å². The Labute approximate surface area is 123 Å². The Kier molecular flexibility index (Phi) is 4.60. The van der Waals surface area contributed by atoms with Crippen molar-refractivity contribution in [2.24, 2.45) is 5.92 Å². The molecule has 1 aromatic rings. The lowest BCUT2D eigenvalue weighted by molar-refractivity contribution is 0.136. The second kappa shape index (κ2) is 5.83. The van der Waals surface area contributed by atoms with E-state index in [9.17, 15) is 0 Å². The number of ether oxygens (including phenoxy) is 1. The van der Waals surface area contributed by atoms with Crippen LogP contribution in [-0.4, -0.2) is 17.0 Å². The van der Waals surface area contributed by atoms with E-state index in [0.717, 1.165) is 5.56 Å². The summed E-state index contributed by atoms with van der Waals surface area (Å²) in [5, 5.41) is -0.253. The van der Waals surface area contributed by atoms with Gasteiger partial charge in [0.2, 0.25) is 0 Å². The number of allylic oxidation sites excluding steroid dienone is 1. The summed E-state index contributed by atoms with van der Waals surface area (Å²) in [7, 11) is 0. The Hall–Kier alpha value is -0.210. The summed E-state index contributed by atoms with van der Waals surface area (Å²) in [5.74, 6) is -0.133. The van der Waals surface area contributed by atoms with Crippen LogP contribution < -0.4 is 0 Å². The minimum absolute atomic E-state index is 0.133. The maximum atomic E-state index is 6.49. The van der Waals surface area contributed by atoms with Gasteiger partial charge in [-0.05, 0) is 12.5 Å². The van der Waals surface area contributed by atoms with Gasteiger partial charge in [-0.15, -0.1) is 11.6 Å². The molecule has 0 N–H and O–H groups in total. The molecule has 2 rings (SSSR count). The van der Waals surface area contributed by atoms with Crippen LogP contribution in [0.4, 0.5) is 0 Å². The fourth-order valence-corrected chi connectivity index (χ4v) is 3.34. The third kappa shape index (κ3) is 2.70. The molecule has 1 aliphatic heterocycles. The average Bonchev–Trinajstić information content (AvgIpc) is 2.66. The Morgan fingerprint density at radius 1 is 1.33 bits per heavy atom. The van der Waals surface area contributed by atoms with E-state index in [4.69, 9.17) is 39.5 Å². The van der Waals surface area contributed by atoms with E-state index in [1.807, 2.05) is 49.4 Å². The van der Waals surface area contributed by atoms with E-state index in [1.54, 1.807) is 0 Å². The predicted molar refractivity (Wildman–Crippen MR) is 77.5 cm³/mol. The van der Waals surface area contributed by atoms with Crippen molar-refractivity contribution in [3.05, 3.63) is 48.0 Å². The highest BCUT2D eigenvalue weighted by Gasteiger charge is 2.51. The van der Waals surface area contributed by atoms with Gasteiger partial charge in [-0.3, -0.25) is 0 Å². The van der Waals surface area contributed by atoms with Crippen molar-refractivity contribution >= 4 is 34.8 Å². The van der Waals surface area contributed by atoms with E-state index < -0.39 is 4.33 Å². The lowest BCUT2D eigenvalue weighted by Crippen LogP contribution is -2.33. The Morgan fingerprint density at radius 3 is 2.61 bits per heavy atom. The van der Waals surface area contributed by atoms with Crippen LogP contribution in [0.5, 0.6) is 0 Å². The molecule has 1 aromatic carbocycles. The molecule has 3 unspecified atom stereocenters. The first-order valence-electron chi connectivity index (χ1n) is 5.88. The number of hydrogen-bond acceptors (Lipinski definition) is 1. The topological polar surface area (TPSA) is 9.23 Å². The van der Waals surface area contributed by atoms with Crippen molar-refractivity contribution in [3.8, 4) is 0 Å². The third-order valence-corrected chi connectivity index (χ3v) is 4.71. The molecule has 0 bridgehead atoms. The summed E-state index contributed by atoms with van der Waals surface area (Å²) in [6.45, 7) is 2.38. The standard InChI is InChI=1S/C14H15Cl3O/c1-2-6-12-14(16,17)11(9-18-12)13(15)10-7-4-3-5-8-10/h2-8,11-13H,9H2,1H3/b6-2+. The van der Waals surface area contributed by atoms with Crippen LogP contribution in [0.15, 0.2) is 42.5 Å². The van der Waals surface area contributed by atoms with Gasteiger partial charge in [-0.2, -0.15) is 0 Å². The highest BCUT2D eigenvalue weighted by Crippen LogP contribution is 2.49. The first kappa shape index (κ1) is 14.2. The van der Waals surface area contributed by atoms with Crippen LogP contribution in [0.2, 0.25) is 0 Å². The molecule has 1 fully saturated rings. The summed E-state index contributed by atoms with van der Waals surface area (Å²) in [6, 6.07) is 9.81. The molecule has 0 aliphatic carbocycles. The number of hydrogen-bond donors (Lipinski definition) is 0. The van der Waals surface area contributed by atoms with E-state index in [1.165, 1.54) is 0 Å². The second-order valence-corrected chi connectivity index (χ2v) is 6.29. The van der Waals surface area contributed by atoms with E-state index in [-0.39, 0.29) is 17.4 Å². The van der Waals surface area contributed by atoms with Gasteiger partial charge in [0.15, 0.2) is 4.33 Å². The second-order valence-electron chi connectivity index (χ2n) is 4.37. The van der Waals surface area contributed by atoms with Gasteiger partial charge in [0.05, 0.1) is 12.0 Å². The monoisotopic (exact) mass is 304 g/mol. The van der Waals surface area contributed by atoms with Gasteiger partial charge in [0, 0.05) is 5.92 Å². The molecule has 0 saturated carbocycles. The van der Waals surface area contributed by atoms with Crippen molar-refractivity contribution in [1.82, 2.24) is 0 Å². The third-order valence-electron chi connectivity index (χ3n) is 3.17. The molecule has 0 radical (unpaired) electrons. The lowest BCUT2D eigenvalue weighted by atomic mass is 9.95. The average molecular weight is 306 g/mol. The Balaban J connectivity index is 2.20. The number of halogens is 3. The van der Waals surface area contributed by atoms with Crippen LogP contribution in [0.25, 0.3) is 0 Å². The van der Waals surface area contributed by atoms with E-state index in [2.05, 4.69) is 0 Å². The zero-order valence-corrected chi connectivity index (χ0v) is 12.3. The number of rotatable bonds is 3. The number of alkyl halides is 3. The molecule has 18 heavy (non-hydrogen) atoms. The first-order chi connectivity index (χ1) is 8.57. The van der Waals surface area contributed by atoms with Crippen LogP contribution >= 0.6 is 34.8 Å². The van der Waals surface area contributed by atoms with Crippen LogP contribution in [0.3, 0.4) is 0 Å². The first-order valence-corrected chi connectivity index (χ1v) is 7.08. The summed E-state index contributed by atoms with van der Waals surface area (Å²) in [4.78, 5) is 0. The molecule has 1 heterocycles. The van der Waals surface area contributed by atoms with Gasteiger partial charge >= 0.3 is 0 Å². The van der Waals surface area contributed by atoms with Crippen molar-refractivity contribution in [3.63, 3.8) is 0 Å². The Bertz CT molecular complexity index is 416. The maximum Gasteiger partial charge on any atom is 0.154 e. The lowest BCUT2D eigenvalue weighted by Gasteiger charge is -2.27. The summed E-state index contributed by atoms with van der Waals surface area (Å²) in [5.41, 5.74) is 1.01. The van der Waals surface area contributed by atoms with Gasteiger partial charge in [0.25, 0.3) is 0 Å². The highest BCUT2D eigenvalue weighted by atomic mass is 35.5. The van der Waals surface area contributed by atoms with Crippen molar-refractivity contribution in [2.45, 2.75) is 22.7 Å². The summed E-state index contributed by atoms with van der Waals surface area (Å²) in [6.07, 6.45) is 3.45. The zero-order valence-electron chi connectivity index (χ0n) is 10.0. The van der Waals surface area contributed by atoms with Crippen LogP contribution in [0, 0.1) is 5.92 Å². The predicted octanol–water partition coefficient (Wildman–Crippen LogP) is 4.73. The zero-order chi connectivity index (χ0) is 13.2. The fraction of sp³-hybridized carbons (Fsp3) is 0.429. The molecule has 1 saturated heterocycles. The van der Waals surface area contributed by atoms with E-state index >= 15 is 0 Å². The minimum atomic E-state index is -0.991. The molecule has 3 atom stereocenters. The molecule has 1 aliphatic rings. The van der Waals surface area contributed by atoms with Crippen LogP contribution in [0.1, 0.15) is 17.9 Å². The van der Waals surface area contributed by atoms with Gasteiger partial charge < -0.3 is 4.74 Å². The molecular weight excluding hydrogens is 291 g/mol. The molecule has 98 valence electrons. The molecule has 4 heteroatoms. The van der Waals surface area contributed by atoms with E-state index in [0.29, 0.717) is 6.61 Å². The largest absolute Gasteiger partial charge is 0.371 e.